The molecule has 0 saturated heterocycles. The molecule has 0 aliphatic rings. The van der Waals surface area contributed by atoms with Gasteiger partial charge in [-0.25, -0.2) is 4.79 Å². The van der Waals surface area contributed by atoms with Gasteiger partial charge in [0, 0.05) is 5.56 Å². The Morgan fingerprint density at radius 2 is 1.77 bits per heavy atom. The zero-order chi connectivity index (χ0) is 9.84. The highest BCUT2D eigenvalue weighted by molar-refractivity contribution is 5.93. The Morgan fingerprint density at radius 3 is 2.23 bits per heavy atom. The van der Waals surface area contributed by atoms with E-state index in [1.165, 1.54) is 6.92 Å². The first-order chi connectivity index (χ1) is 6.13. The number of hydrogen-bond donors (Lipinski definition) is 1. The van der Waals surface area contributed by atoms with Gasteiger partial charge in [0.15, 0.2) is 5.76 Å². The van der Waals surface area contributed by atoms with Gasteiger partial charge in [-0.15, -0.1) is 0 Å². The minimum absolute atomic E-state index is 0.161. The van der Waals surface area contributed by atoms with Gasteiger partial charge in [0.05, 0.1) is 5.57 Å². The van der Waals surface area contributed by atoms with Gasteiger partial charge in [0.2, 0.25) is 0 Å². The predicted molar refractivity (Wildman–Crippen MR) is 47.4 cm³/mol. The zero-order valence-electron chi connectivity index (χ0n) is 7.15. The molecule has 0 spiro atoms. The second kappa shape index (κ2) is 3.76. The molecule has 3 heteroatoms. The van der Waals surface area contributed by atoms with E-state index in [0.29, 0.717) is 5.56 Å². The number of benzene rings is 1. The van der Waals surface area contributed by atoms with Crippen molar-refractivity contribution < 1.29 is 15.0 Å². The Morgan fingerprint density at radius 1 is 1.23 bits per heavy atom. The molecule has 0 fully saturated rings. The first-order valence-corrected chi connectivity index (χ1v) is 3.79. The Labute approximate surface area is 76.0 Å². The smallest absolute Gasteiger partial charge is 0.335 e. The fourth-order valence-corrected chi connectivity index (χ4v) is 0.903. The van der Waals surface area contributed by atoms with E-state index in [9.17, 15) is 9.90 Å². The van der Waals surface area contributed by atoms with E-state index >= 15 is 0 Å². The highest BCUT2D eigenvalue weighted by Gasteiger charge is 2.11. The molecule has 1 radical (unpaired) electrons. The van der Waals surface area contributed by atoms with E-state index in [0.717, 1.165) is 0 Å². The topological polar surface area (TPSA) is 57.2 Å². The third-order valence-electron chi connectivity index (χ3n) is 1.70. The largest absolute Gasteiger partial charge is 0.478 e. The number of hydrogen-bond acceptors (Lipinski definition) is 1. The van der Waals surface area contributed by atoms with Gasteiger partial charge in [-0.1, -0.05) is 30.3 Å². The van der Waals surface area contributed by atoms with Crippen LogP contribution >= 0.6 is 0 Å². The molecule has 0 aliphatic heterocycles. The summed E-state index contributed by atoms with van der Waals surface area (Å²) in [6.45, 7) is 1.30. The lowest BCUT2D eigenvalue weighted by Gasteiger charge is -1.98. The van der Waals surface area contributed by atoms with E-state index in [1.807, 2.05) is 0 Å². The van der Waals surface area contributed by atoms with E-state index < -0.39 is 11.7 Å². The molecule has 0 aliphatic carbocycles. The third kappa shape index (κ3) is 2.08. The van der Waals surface area contributed by atoms with Crippen LogP contribution in [0.1, 0.15) is 12.5 Å². The Kier molecular flexibility index (Phi) is 2.69. The summed E-state index contributed by atoms with van der Waals surface area (Å²) >= 11 is 0. The first-order valence-electron chi connectivity index (χ1n) is 3.79. The Bertz CT molecular complexity index is 338. The highest BCUT2D eigenvalue weighted by Crippen LogP contribution is 2.15. The fourth-order valence-electron chi connectivity index (χ4n) is 0.903. The van der Waals surface area contributed by atoms with Crippen molar-refractivity contribution in [1.82, 2.24) is 0 Å². The lowest BCUT2D eigenvalue weighted by atomic mass is 10.1. The number of carbonyl (C=O) groups is 1. The molecule has 3 nitrogen and oxygen atoms in total. The molecule has 1 aromatic rings. The molecule has 0 heterocycles. The van der Waals surface area contributed by atoms with Crippen LogP contribution in [0.3, 0.4) is 0 Å². The summed E-state index contributed by atoms with van der Waals surface area (Å²) in [6.07, 6.45) is 0. The summed E-state index contributed by atoms with van der Waals surface area (Å²) < 4.78 is 0. The molecule has 0 aromatic heterocycles. The van der Waals surface area contributed by atoms with Crippen molar-refractivity contribution in [1.29, 1.82) is 0 Å². The second-order valence-electron chi connectivity index (χ2n) is 2.63. The number of carboxylic acids is 1. The average molecular weight is 177 g/mol. The predicted octanol–water partition coefficient (Wildman–Crippen LogP) is 1.93. The van der Waals surface area contributed by atoms with Crippen molar-refractivity contribution in [2.45, 2.75) is 6.92 Å². The average Bonchev–Trinajstić information content (AvgIpc) is 2.17. The summed E-state index contributed by atoms with van der Waals surface area (Å²) in [6, 6.07) is 8.35. The molecule has 1 rings (SSSR count). The SMILES string of the molecule is CC(C(=O)O)=C([O])c1ccccc1. The van der Waals surface area contributed by atoms with Crippen molar-refractivity contribution in [3.8, 4) is 0 Å². The molecule has 1 aromatic carbocycles. The summed E-state index contributed by atoms with van der Waals surface area (Å²) in [4.78, 5) is 10.5. The molecule has 0 saturated carbocycles. The summed E-state index contributed by atoms with van der Waals surface area (Å²) in [5.74, 6) is -1.61. The van der Waals surface area contributed by atoms with Gasteiger partial charge in [-0.05, 0) is 6.92 Å². The number of carboxylic acid groups (broad SMARTS) is 1. The normalized spacial score (nSPS) is 12.1. The molecule has 13 heavy (non-hydrogen) atoms. The lowest BCUT2D eigenvalue weighted by molar-refractivity contribution is -0.132. The van der Waals surface area contributed by atoms with Crippen molar-refractivity contribution in [2.24, 2.45) is 0 Å². The van der Waals surface area contributed by atoms with Crippen LogP contribution in [0, 0.1) is 0 Å². The van der Waals surface area contributed by atoms with Gasteiger partial charge in [0.1, 0.15) is 0 Å². The monoisotopic (exact) mass is 177 g/mol. The molecular weight excluding hydrogens is 168 g/mol. The van der Waals surface area contributed by atoms with Gasteiger partial charge >= 0.3 is 5.97 Å². The van der Waals surface area contributed by atoms with Crippen LogP contribution in [-0.2, 0) is 9.90 Å². The van der Waals surface area contributed by atoms with Crippen LogP contribution in [0.15, 0.2) is 35.9 Å². The molecule has 0 atom stereocenters. The first kappa shape index (κ1) is 9.32. The van der Waals surface area contributed by atoms with Gasteiger partial charge < -0.3 is 5.11 Å². The zero-order valence-corrected chi connectivity index (χ0v) is 7.15. The Balaban J connectivity index is 3.11. The van der Waals surface area contributed by atoms with Crippen LogP contribution in [0.25, 0.3) is 5.76 Å². The van der Waals surface area contributed by atoms with Crippen molar-refractivity contribution in [3.63, 3.8) is 0 Å². The molecule has 0 bridgehead atoms. The van der Waals surface area contributed by atoms with Gasteiger partial charge in [-0.3, -0.25) is 5.11 Å². The van der Waals surface area contributed by atoms with Crippen LogP contribution in [0.4, 0.5) is 0 Å². The maximum atomic E-state index is 11.4. The van der Waals surface area contributed by atoms with Crippen LogP contribution in [0.5, 0.6) is 0 Å². The molecule has 67 valence electrons. The van der Waals surface area contributed by atoms with Crippen LogP contribution in [-0.4, -0.2) is 11.1 Å². The van der Waals surface area contributed by atoms with Crippen LogP contribution in [0.2, 0.25) is 0 Å². The summed E-state index contributed by atoms with van der Waals surface area (Å²) in [5, 5.41) is 19.9. The minimum Gasteiger partial charge on any atom is -0.478 e. The molecule has 0 unspecified atom stereocenters. The summed E-state index contributed by atoms with van der Waals surface area (Å²) in [5.41, 5.74) is 0.244. The van der Waals surface area contributed by atoms with E-state index in [1.54, 1.807) is 30.3 Å². The van der Waals surface area contributed by atoms with E-state index in [2.05, 4.69) is 0 Å². The van der Waals surface area contributed by atoms with E-state index in [-0.39, 0.29) is 5.57 Å². The maximum absolute atomic E-state index is 11.4. The molecule has 0 amide bonds. The Hall–Kier alpha value is -1.77. The van der Waals surface area contributed by atoms with Gasteiger partial charge in [-0.2, -0.15) is 0 Å². The maximum Gasteiger partial charge on any atom is 0.335 e. The van der Waals surface area contributed by atoms with Crippen LogP contribution < -0.4 is 0 Å². The standard InChI is InChI=1S/C10H9O3/c1-7(10(12)13)9(11)8-5-3-2-4-6-8/h2-6H,1H3,(H,12,13). The van der Waals surface area contributed by atoms with Crippen molar-refractivity contribution >= 4 is 11.7 Å². The van der Waals surface area contributed by atoms with Crippen molar-refractivity contribution in [3.05, 3.63) is 41.5 Å². The third-order valence-corrected chi connectivity index (χ3v) is 1.70. The number of aliphatic carboxylic acids is 1. The van der Waals surface area contributed by atoms with Gasteiger partial charge in [0.25, 0.3) is 0 Å². The summed E-state index contributed by atoms with van der Waals surface area (Å²) in [7, 11) is 0. The van der Waals surface area contributed by atoms with Crippen molar-refractivity contribution in [2.75, 3.05) is 0 Å². The highest BCUT2D eigenvalue weighted by atomic mass is 16.4. The number of rotatable bonds is 2. The van der Waals surface area contributed by atoms with E-state index in [4.69, 9.17) is 5.11 Å². The molecular formula is C10H9O3. The minimum atomic E-state index is -1.17. The fraction of sp³-hybridized carbons (Fsp3) is 0.100. The second-order valence-corrected chi connectivity index (χ2v) is 2.63. The molecule has 1 N–H and O–H groups in total. The lowest BCUT2D eigenvalue weighted by Crippen LogP contribution is -1.99. The quantitative estimate of drug-likeness (QED) is 0.554.